The van der Waals surface area contributed by atoms with Gasteiger partial charge in [0.15, 0.2) is 0 Å². The van der Waals surface area contributed by atoms with Crippen LogP contribution in [-0.2, 0) is 4.74 Å². The number of morpholine rings is 1. The Morgan fingerprint density at radius 3 is 2.60 bits per heavy atom. The summed E-state index contributed by atoms with van der Waals surface area (Å²) >= 11 is 0. The molecule has 3 atom stereocenters. The first-order valence-corrected chi connectivity index (χ1v) is 7.92. The van der Waals surface area contributed by atoms with Crippen molar-refractivity contribution in [2.75, 3.05) is 46.4 Å². The van der Waals surface area contributed by atoms with Gasteiger partial charge in [0.2, 0.25) is 0 Å². The molecule has 5 nitrogen and oxygen atoms in total. The van der Waals surface area contributed by atoms with Crippen LogP contribution in [0.3, 0.4) is 0 Å². The fraction of sp³-hybridized carbons (Fsp3) is 0.933. The first kappa shape index (κ1) is 14.3. The second kappa shape index (κ2) is 5.98. The van der Waals surface area contributed by atoms with Crippen LogP contribution in [0.15, 0.2) is 0 Å². The van der Waals surface area contributed by atoms with E-state index in [2.05, 4.69) is 21.2 Å². The minimum absolute atomic E-state index is 0.276. The highest BCUT2D eigenvalue weighted by atomic mass is 16.5. The lowest BCUT2D eigenvalue weighted by atomic mass is 10.00. The van der Waals surface area contributed by atoms with Gasteiger partial charge in [0.05, 0.1) is 19.3 Å². The van der Waals surface area contributed by atoms with Gasteiger partial charge in [-0.2, -0.15) is 5.26 Å². The molecule has 5 heteroatoms. The Hall–Kier alpha value is -0.670. The highest BCUT2D eigenvalue weighted by Gasteiger charge is 2.42. The van der Waals surface area contributed by atoms with Crippen LogP contribution in [0.1, 0.15) is 25.7 Å². The fourth-order valence-electron chi connectivity index (χ4n) is 4.06. The summed E-state index contributed by atoms with van der Waals surface area (Å²) in [5.74, 6) is 0. The van der Waals surface area contributed by atoms with E-state index >= 15 is 0 Å². The van der Waals surface area contributed by atoms with Gasteiger partial charge in [-0.15, -0.1) is 0 Å². The second-order valence-corrected chi connectivity index (χ2v) is 6.43. The Balaban J connectivity index is 1.54. The maximum Gasteiger partial charge on any atom is 0.108 e. The molecule has 2 heterocycles. The number of nitrogens with one attached hydrogen (secondary N) is 1. The number of hydrogen-bond acceptors (Lipinski definition) is 5. The van der Waals surface area contributed by atoms with E-state index in [9.17, 15) is 5.26 Å². The molecule has 2 aliphatic heterocycles. The molecule has 3 unspecified atom stereocenters. The van der Waals surface area contributed by atoms with Crippen molar-refractivity contribution in [1.29, 1.82) is 5.26 Å². The van der Waals surface area contributed by atoms with Gasteiger partial charge in [-0.25, -0.2) is 0 Å². The minimum atomic E-state index is -0.276. The van der Waals surface area contributed by atoms with E-state index in [1.54, 1.807) is 0 Å². The van der Waals surface area contributed by atoms with Crippen molar-refractivity contribution in [1.82, 2.24) is 15.1 Å². The molecule has 3 aliphatic rings. The summed E-state index contributed by atoms with van der Waals surface area (Å²) in [6.45, 7) is 6.31. The number of likely N-dealkylation sites (tertiary alicyclic amines) is 1. The molecule has 1 aliphatic carbocycles. The van der Waals surface area contributed by atoms with E-state index in [-0.39, 0.29) is 5.54 Å². The van der Waals surface area contributed by atoms with Gasteiger partial charge < -0.3 is 10.1 Å². The Bertz CT molecular complexity index is 377. The van der Waals surface area contributed by atoms with Crippen LogP contribution >= 0.6 is 0 Å². The molecular weight excluding hydrogens is 252 g/mol. The highest BCUT2D eigenvalue weighted by molar-refractivity contribution is 5.13. The average Bonchev–Trinajstić information content (AvgIpc) is 3.15. The first-order chi connectivity index (χ1) is 9.76. The number of ether oxygens (including phenoxy) is 1. The quantitative estimate of drug-likeness (QED) is 0.811. The normalized spacial score (nSPS) is 40.0. The molecule has 0 radical (unpaired) electrons. The summed E-state index contributed by atoms with van der Waals surface area (Å²) in [6, 6.07) is 3.78. The summed E-state index contributed by atoms with van der Waals surface area (Å²) in [5.41, 5.74) is -0.276. The Labute approximate surface area is 121 Å². The van der Waals surface area contributed by atoms with Crippen molar-refractivity contribution in [3.63, 3.8) is 0 Å². The summed E-state index contributed by atoms with van der Waals surface area (Å²) in [5, 5.41) is 12.6. The number of hydrogen-bond donors (Lipinski definition) is 1. The smallest absolute Gasteiger partial charge is 0.108 e. The van der Waals surface area contributed by atoms with Crippen molar-refractivity contribution in [3.05, 3.63) is 0 Å². The first-order valence-electron chi connectivity index (χ1n) is 7.92. The van der Waals surface area contributed by atoms with Crippen LogP contribution in [0.5, 0.6) is 0 Å². The summed E-state index contributed by atoms with van der Waals surface area (Å²) in [6.07, 6.45) is 4.40. The van der Waals surface area contributed by atoms with Crippen molar-refractivity contribution < 1.29 is 4.74 Å². The molecule has 0 spiro atoms. The number of nitriles is 1. The van der Waals surface area contributed by atoms with Crippen LogP contribution in [0.25, 0.3) is 0 Å². The zero-order chi connectivity index (χ0) is 14.0. The molecule has 2 saturated heterocycles. The fourth-order valence-corrected chi connectivity index (χ4v) is 4.06. The number of nitrogens with zero attached hydrogens (tertiary/aromatic N) is 3. The lowest BCUT2D eigenvalue weighted by molar-refractivity contribution is 0.0176. The lowest BCUT2D eigenvalue weighted by Crippen LogP contribution is -2.46. The Morgan fingerprint density at radius 1 is 1.15 bits per heavy atom. The molecule has 0 amide bonds. The topological polar surface area (TPSA) is 51.5 Å². The summed E-state index contributed by atoms with van der Waals surface area (Å²) in [4.78, 5) is 5.21. The van der Waals surface area contributed by atoms with Crippen LogP contribution in [-0.4, -0.2) is 73.9 Å². The molecule has 3 fully saturated rings. The number of rotatable bonds is 3. The SMILES string of the molecule is CNC1(C#N)CCC(N2CCC(N3CCOCC3)C2)C1. The third kappa shape index (κ3) is 2.71. The second-order valence-electron chi connectivity index (χ2n) is 6.43. The third-order valence-electron chi connectivity index (χ3n) is 5.45. The van der Waals surface area contributed by atoms with Gasteiger partial charge in [-0.3, -0.25) is 9.80 Å². The zero-order valence-corrected chi connectivity index (χ0v) is 12.5. The molecule has 0 aromatic heterocycles. The molecule has 1 saturated carbocycles. The maximum atomic E-state index is 9.38. The van der Waals surface area contributed by atoms with Crippen molar-refractivity contribution in [3.8, 4) is 6.07 Å². The molecule has 20 heavy (non-hydrogen) atoms. The van der Waals surface area contributed by atoms with Gasteiger partial charge >= 0.3 is 0 Å². The van der Waals surface area contributed by atoms with Crippen molar-refractivity contribution >= 4 is 0 Å². The Morgan fingerprint density at radius 2 is 1.95 bits per heavy atom. The van der Waals surface area contributed by atoms with E-state index < -0.39 is 0 Å². The minimum Gasteiger partial charge on any atom is -0.379 e. The zero-order valence-electron chi connectivity index (χ0n) is 12.5. The largest absolute Gasteiger partial charge is 0.379 e. The van der Waals surface area contributed by atoms with Gasteiger partial charge in [0.1, 0.15) is 5.54 Å². The summed E-state index contributed by atoms with van der Waals surface area (Å²) < 4.78 is 5.44. The van der Waals surface area contributed by atoms with Crippen LogP contribution in [0.4, 0.5) is 0 Å². The van der Waals surface area contributed by atoms with E-state index in [0.717, 1.165) is 45.6 Å². The van der Waals surface area contributed by atoms with Gasteiger partial charge in [0.25, 0.3) is 0 Å². The molecular formula is C15H26N4O. The van der Waals surface area contributed by atoms with E-state index in [4.69, 9.17) is 4.74 Å². The maximum absolute atomic E-state index is 9.38. The third-order valence-corrected chi connectivity index (χ3v) is 5.45. The average molecular weight is 278 g/mol. The lowest BCUT2D eigenvalue weighted by Gasteiger charge is -2.33. The van der Waals surface area contributed by atoms with Crippen molar-refractivity contribution in [2.24, 2.45) is 0 Å². The predicted molar refractivity (Wildman–Crippen MR) is 77.4 cm³/mol. The molecule has 0 aromatic rings. The van der Waals surface area contributed by atoms with Crippen LogP contribution in [0, 0.1) is 11.3 Å². The van der Waals surface area contributed by atoms with Gasteiger partial charge in [-0.1, -0.05) is 0 Å². The molecule has 1 N–H and O–H groups in total. The Kier molecular flexibility index (Phi) is 4.27. The van der Waals surface area contributed by atoms with Crippen LogP contribution in [0.2, 0.25) is 0 Å². The van der Waals surface area contributed by atoms with E-state index in [1.807, 2.05) is 7.05 Å². The highest BCUT2D eigenvalue weighted by Crippen LogP contribution is 2.34. The predicted octanol–water partition coefficient (Wildman–Crippen LogP) is 0.427. The molecule has 112 valence electrons. The van der Waals surface area contributed by atoms with Gasteiger partial charge in [-0.05, 0) is 32.7 Å². The monoisotopic (exact) mass is 278 g/mol. The standard InChI is InChI=1S/C15H26N4O/c1-17-15(12-16)4-2-13(10-15)19-5-3-14(11-19)18-6-8-20-9-7-18/h13-14,17H,2-11H2,1H3. The van der Waals surface area contributed by atoms with E-state index in [0.29, 0.717) is 12.1 Å². The van der Waals surface area contributed by atoms with E-state index in [1.165, 1.54) is 19.5 Å². The van der Waals surface area contributed by atoms with Gasteiger partial charge in [0, 0.05) is 38.3 Å². The van der Waals surface area contributed by atoms with Crippen LogP contribution < -0.4 is 5.32 Å². The van der Waals surface area contributed by atoms with Crippen molar-refractivity contribution in [2.45, 2.75) is 43.3 Å². The molecule has 3 rings (SSSR count). The molecule has 0 aromatic carbocycles. The molecule has 0 bridgehead atoms. The summed E-state index contributed by atoms with van der Waals surface area (Å²) in [7, 11) is 1.92.